The fraction of sp³-hybridized carbons (Fsp3) is 0.571. The van der Waals surface area contributed by atoms with Gasteiger partial charge in [-0.25, -0.2) is 8.42 Å². The van der Waals surface area contributed by atoms with E-state index in [1.165, 1.54) is 17.5 Å². The fourth-order valence-corrected chi connectivity index (χ4v) is 4.67. The molecule has 1 saturated heterocycles. The van der Waals surface area contributed by atoms with Gasteiger partial charge in [-0.1, -0.05) is 24.4 Å². The molecule has 5 nitrogen and oxygen atoms in total. The van der Waals surface area contributed by atoms with E-state index in [1.807, 2.05) is 0 Å². The largest absolute Gasteiger partial charge is 0.495 e. The summed E-state index contributed by atoms with van der Waals surface area (Å²) in [5.74, 6) is 0.297. The van der Waals surface area contributed by atoms with E-state index in [0.29, 0.717) is 29.4 Å². The number of hydrogen-bond acceptors (Lipinski definition) is 4. The third-order valence-corrected chi connectivity index (χ3v) is 5.83. The normalized spacial score (nSPS) is 17.5. The van der Waals surface area contributed by atoms with Crippen LogP contribution in [-0.4, -0.2) is 32.9 Å². The van der Waals surface area contributed by atoms with Crippen LogP contribution in [0.4, 0.5) is 0 Å². The number of nitrogens with two attached hydrogens (primary N) is 1. The summed E-state index contributed by atoms with van der Waals surface area (Å²) in [6, 6.07) is 3.08. The Labute approximate surface area is 131 Å². The predicted molar refractivity (Wildman–Crippen MR) is 83.1 cm³/mol. The number of halogens is 1. The summed E-state index contributed by atoms with van der Waals surface area (Å²) in [4.78, 5) is 0.111. The van der Waals surface area contributed by atoms with Gasteiger partial charge in [-0.3, -0.25) is 0 Å². The lowest BCUT2D eigenvalue weighted by atomic mass is 10.2. The van der Waals surface area contributed by atoms with Gasteiger partial charge < -0.3 is 10.5 Å². The van der Waals surface area contributed by atoms with Crippen LogP contribution >= 0.6 is 11.6 Å². The Morgan fingerprint density at radius 2 is 1.86 bits per heavy atom. The predicted octanol–water partition coefficient (Wildman–Crippen LogP) is 2.37. The fourth-order valence-electron chi connectivity index (χ4n) is 2.62. The third-order valence-electron chi connectivity index (χ3n) is 3.70. The zero-order valence-electron chi connectivity index (χ0n) is 12.1. The van der Waals surface area contributed by atoms with E-state index >= 15 is 0 Å². The molecule has 0 spiro atoms. The maximum atomic E-state index is 12.9. The van der Waals surface area contributed by atoms with E-state index in [0.717, 1.165) is 25.7 Å². The lowest BCUT2D eigenvalue weighted by molar-refractivity contribution is 0.387. The molecule has 0 atom stereocenters. The first-order valence-electron chi connectivity index (χ1n) is 7.07. The number of rotatable bonds is 4. The molecule has 118 valence electrons. The zero-order valence-corrected chi connectivity index (χ0v) is 13.7. The highest BCUT2D eigenvalue weighted by molar-refractivity contribution is 7.89. The van der Waals surface area contributed by atoms with Gasteiger partial charge in [-0.2, -0.15) is 4.31 Å². The van der Waals surface area contributed by atoms with E-state index < -0.39 is 10.0 Å². The first kappa shape index (κ1) is 16.5. The summed E-state index contributed by atoms with van der Waals surface area (Å²) in [5.41, 5.74) is 6.26. The molecule has 21 heavy (non-hydrogen) atoms. The van der Waals surface area contributed by atoms with Crippen molar-refractivity contribution in [2.24, 2.45) is 5.73 Å². The molecule has 0 radical (unpaired) electrons. The van der Waals surface area contributed by atoms with Crippen LogP contribution in [0.2, 0.25) is 5.02 Å². The van der Waals surface area contributed by atoms with Crippen molar-refractivity contribution in [1.29, 1.82) is 0 Å². The molecule has 0 amide bonds. The van der Waals surface area contributed by atoms with Gasteiger partial charge in [-0.15, -0.1) is 0 Å². The highest BCUT2D eigenvalue weighted by Gasteiger charge is 2.29. The number of hydrogen-bond donors (Lipinski definition) is 1. The van der Waals surface area contributed by atoms with Crippen LogP contribution in [0.1, 0.15) is 31.2 Å². The Bertz CT molecular complexity index is 596. The Hall–Kier alpha value is -0.820. The lowest BCUT2D eigenvalue weighted by Crippen LogP contribution is -2.32. The van der Waals surface area contributed by atoms with Gasteiger partial charge in [-0.05, 0) is 25.0 Å². The lowest BCUT2D eigenvalue weighted by Gasteiger charge is -2.22. The van der Waals surface area contributed by atoms with Crippen molar-refractivity contribution in [2.45, 2.75) is 37.1 Å². The quantitative estimate of drug-likeness (QED) is 0.918. The van der Waals surface area contributed by atoms with Crippen LogP contribution in [0, 0.1) is 0 Å². The molecular formula is C14H21ClN2O3S. The molecule has 1 heterocycles. The molecule has 7 heteroatoms. The molecule has 1 aliphatic heterocycles. The van der Waals surface area contributed by atoms with Gasteiger partial charge >= 0.3 is 0 Å². The number of nitrogens with zero attached hydrogens (tertiary/aromatic N) is 1. The summed E-state index contributed by atoms with van der Waals surface area (Å²) >= 11 is 6.04. The number of ether oxygens (including phenoxy) is 1. The maximum Gasteiger partial charge on any atom is 0.246 e. The van der Waals surface area contributed by atoms with E-state index in [2.05, 4.69) is 0 Å². The molecular weight excluding hydrogens is 312 g/mol. The van der Waals surface area contributed by atoms with E-state index in [4.69, 9.17) is 22.1 Å². The third kappa shape index (κ3) is 3.51. The Kier molecular flexibility index (Phi) is 5.48. The summed E-state index contributed by atoms with van der Waals surface area (Å²) in [6.07, 6.45) is 3.89. The molecule has 0 aliphatic carbocycles. The van der Waals surface area contributed by atoms with Crippen LogP contribution in [0.15, 0.2) is 17.0 Å². The SMILES string of the molecule is COc1c(CN)cc(Cl)cc1S(=O)(=O)N1CCCCCC1. The van der Waals surface area contributed by atoms with Crippen molar-refractivity contribution in [3.8, 4) is 5.75 Å². The second kappa shape index (κ2) is 6.96. The number of benzene rings is 1. The minimum absolute atomic E-state index is 0.111. The van der Waals surface area contributed by atoms with Gasteiger partial charge in [0.1, 0.15) is 10.6 Å². The molecule has 0 aromatic heterocycles. The average molecular weight is 333 g/mol. The van der Waals surface area contributed by atoms with Crippen LogP contribution in [-0.2, 0) is 16.6 Å². The number of methoxy groups -OCH3 is 1. The first-order chi connectivity index (χ1) is 10.0. The average Bonchev–Trinajstić information content (AvgIpc) is 2.75. The summed E-state index contributed by atoms with van der Waals surface area (Å²) in [7, 11) is -2.17. The van der Waals surface area contributed by atoms with Gasteiger partial charge in [0, 0.05) is 30.2 Å². The molecule has 1 aliphatic rings. The summed E-state index contributed by atoms with van der Waals surface area (Å²) in [6.45, 7) is 1.25. The van der Waals surface area contributed by atoms with Gasteiger partial charge in [0.05, 0.1) is 7.11 Å². The van der Waals surface area contributed by atoms with Crippen LogP contribution in [0.3, 0.4) is 0 Å². The molecule has 2 rings (SSSR count). The zero-order chi connectivity index (χ0) is 15.5. The Morgan fingerprint density at radius 1 is 1.24 bits per heavy atom. The molecule has 1 aromatic rings. The molecule has 1 aromatic carbocycles. The van der Waals surface area contributed by atoms with Crippen molar-refractivity contribution >= 4 is 21.6 Å². The van der Waals surface area contributed by atoms with Crippen LogP contribution in [0.25, 0.3) is 0 Å². The number of sulfonamides is 1. The van der Waals surface area contributed by atoms with Crippen LogP contribution in [0.5, 0.6) is 5.75 Å². The minimum atomic E-state index is -3.61. The van der Waals surface area contributed by atoms with Gasteiger partial charge in [0.25, 0.3) is 0 Å². The van der Waals surface area contributed by atoms with Crippen LogP contribution < -0.4 is 10.5 Å². The van der Waals surface area contributed by atoms with E-state index in [9.17, 15) is 8.42 Å². The molecule has 2 N–H and O–H groups in total. The van der Waals surface area contributed by atoms with Crippen molar-refractivity contribution in [3.05, 3.63) is 22.7 Å². The van der Waals surface area contributed by atoms with Crippen molar-refractivity contribution < 1.29 is 13.2 Å². The van der Waals surface area contributed by atoms with E-state index in [-0.39, 0.29) is 11.4 Å². The molecule has 0 bridgehead atoms. The van der Waals surface area contributed by atoms with Gasteiger partial charge in [0.15, 0.2) is 0 Å². The standard InChI is InChI=1S/C14H21ClN2O3S/c1-20-14-11(10-16)8-12(15)9-13(14)21(18,19)17-6-4-2-3-5-7-17/h8-9H,2-7,10,16H2,1H3. The van der Waals surface area contributed by atoms with Gasteiger partial charge in [0.2, 0.25) is 10.0 Å². The maximum absolute atomic E-state index is 12.9. The Balaban J connectivity index is 2.50. The summed E-state index contributed by atoms with van der Waals surface area (Å²) < 4.78 is 32.6. The molecule has 0 unspecified atom stereocenters. The Morgan fingerprint density at radius 3 is 2.38 bits per heavy atom. The smallest absolute Gasteiger partial charge is 0.246 e. The second-order valence-electron chi connectivity index (χ2n) is 5.12. The first-order valence-corrected chi connectivity index (χ1v) is 8.89. The highest BCUT2D eigenvalue weighted by Crippen LogP contribution is 2.34. The topological polar surface area (TPSA) is 72.6 Å². The van der Waals surface area contributed by atoms with Crippen molar-refractivity contribution in [1.82, 2.24) is 4.31 Å². The minimum Gasteiger partial charge on any atom is -0.495 e. The van der Waals surface area contributed by atoms with Crippen molar-refractivity contribution in [3.63, 3.8) is 0 Å². The van der Waals surface area contributed by atoms with Crippen molar-refractivity contribution in [2.75, 3.05) is 20.2 Å². The van der Waals surface area contributed by atoms with E-state index in [1.54, 1.807) is 6.07 Å². The molecule has 0 saturated carbocycles. The monoisotopic (exact) mass is 332 g/mol. The molecule has 1 fully saturated rings. The second-order valence-corrected chi connectivity index (χ2v) is 7.46. The summed E-state index contributed by atoms with van der Waals surface area (Å²) in [5, 5.41) is 0.352. The highest BCUT2D eigenvalue weighted by atomic mass is 35.5.